The van der Waals surface area contributed by atoms with Crippen LogP contribution in [0.25, 0.3) is 0 Å². The molecule has 0 saturated carbocycles. The summed E-state index contributed by atoms with van der Waals surface area (Å²) in [7, 11) is 0. The number of carbonyl (C=O) groups excluding carboxylic acids is 2. The van der Waals surface area contributed by atoms with Crippen LogP contribution in [0.15, 0.2) is 30.3 Å². The van der Waals surface area contributed by atoms with Gasteiger partial charge >= 0.3 is 12.1 Å². The number of hydrogen-bond acceptors (Lipinski definition) is 4. The zero-order chi connectivity index (χ0) is 10.4. The third kappa shape index (κ3) is 3.14. The second-order valence-corrected chi connectivity index (χ2v) is 2.35. The lowest BCUT2D eigenvalue weighted by Crippen LogP contribution is -2.12. The SMILES string of the molecule is [NH]C(=O)OCOC(=O)c1ccccc1. The number of rotatable bonds is 3. The lowest BCUT2D eigenvalue weighted by atomic mass is 10.2. The van der Waals surface area contributed by atoms with Gasteiger partial charge in [0.05, 0.1) is 5.56 Å². The molecule has 0 saturated heterocycles. The maximum absolute atomic E-state index is 11.2. The molecule has 1 aromatic carbocycles. The third-order valence-electron chi connectivity index (χ3n) is 1.39. The molecule has 1 aromatic rings. The molecular weight excluding hydrogens is 186 g/mol. The van der Waals surface area contributed by atoms with Crippen LogP contribution in [-0.4, -0.2) is 18.9 Å². The maximum Gasteiger partial charge on any atom is 0.429 e. The van der Waals surface area contributed by atoms with E-state index in [0.29, 0.717) is 5.56 Å². The minimum absolute atomic E-state index is 0.369. The molecule has 0 heterocycles. The predicted molar refractivity (Wildman–Crippen MR) is 46.3 cm³/mol. The zero-order valence-electron chi connectivity index (χ0n) is 7.23. The summed E-state index contributed by atoms with van der Waals surface area (Å²) in [6, 6.07) is 8.29. The van der Waals surface area contributed by atoms with Crippen molar-refractivity contribution in [2.24, 2.45) is 0 Å². The van der Waals surface area contributed by atoms with Gasteiger partial charge in [-0.3, -0.25) is 0 Å². The van der Waals surface area contributed by atoms with Crippen LogP contribution in [-0.2, 0) is 9.47 Å². The quantitative estimate of drug-likeness (QED) is 0.535. The summed E-state index contributed by atoms with van der Waals surface area (Å²) in [6.07, 6.45) is -1.23. The molecule has 0 aromatic heterocycles. The highest BCUT2D eigenvalue weighted by molar-refractivity contribution is 5.89. The molecule has 5 nitrogen and oxygen atoms in total. The number of ether oxygens (including phenoxy) is 2. The van der Waals surface area contributed by atoms with Gasteiger partial charge in [0, 0.05) is 0 Å². The Labute approximate surface area is 80.4 Å². The minimum Gasteiger partial charge on any atom is -0.424 e. The van der Waals surface area contributed by atoms with E-state index < -0.39 is 18.9 Å². The molecule has 0 fully saturated rings. The number of carbonyl (C=O) groups is 2. The highest BCUT2D eigenvalue weighted by atomic mass is 16.7. The van der Waals surface area contributed by atoms with Crippen molar-refractivity contribution in [1.29, 1.82) is 0 Å². The number of benzene rings is 1. The Balaban J connectivity index is 2.40. The Morgan fingerprint density at radius 1 is 1.14 bits per heavy atom. The fourth-order valence-corrected chi connectivity index (χ4v) is 0.794. The smallest absolute Gasteiger partial charge is 0.424 e. The molecule has 0 unspecified atom stereocenters. The van der Waals surface area contributed by atoms with Gasteiger partial charge in [-0.15, -0.1) is 0 Å². The van der Waals surface area contributed by atoms with Crippen LogP contribution in [0.2, 0.25) is 0 Å². The van der Waals surface area contributed by atoms with E-state index in [0.717, 1.165) is 0 Å². The summed E-state index contributed by atoms with van der Waals surface area (Å²) in [5.74, 6) is -0.591. The maximum atomic E-state index is 11.2. The normalized spacial score (nSPS) is 9.14. The van der Waals surface area contributed by atoms with Crippen molar-refractivity contribution in [2.75, 3.05) is 6.79 Å². The summed E-state index contributed by atoms with van der Waals surface area (Å²) in [5.41, 5.74) is 6.74. The van der Waals surface area contributed by atoms with E-state index in [1.54, 1.807) is 30.3 Å². The molecule has 0 atom stereocenters. The molecule has 73 valence electrons. The summed E-state index contributed by atoms with van der Waals surface area (Å²) in [4.78, 5) is 21.2. The van der Waals surface area contributed by atoms with Crippen LogP contribution in [0.5, 0.6) is 0 Å². The standard InChI is InChI=1S/C9H8NO4/c10-9(12)14-6-13-8(11)7-4-2-1-3-5-7/h1-5,10H,6H2. The van der Waals surface area contributed by atoms with Crippen molar-refractivity contribution in [1.82, 2.24) is 5.73 Å². The van der Waals surface area contributed by atoms with Gasteiger partial charge in [-0.25, -0.2) is 15.3 Å². The first-order valence-corrected chi connectivity index (χ1v) is 3.80. The van der Waals surface area contributed by atoms with Crippen molar-refractivity contribution >= 4 is 12.1 Å². The van der Waals surface area contributed by atoms with Gasteiger partial charge in [0.1, 0.15) is 0 Å². The second kappa shape index (κ2) is 4.86. The highest BCUT2D eigenvalue weighted by Gasteiger charge is 2.05. The highest BCUT2D eigenvalue weighted by Crippen LogP contribution is 2.00. The predicted octanol–water partition coefficient (Wildman–Crippen LogP) is 1.22. The molecule has 0 spiro atoms. The van der Waals surface area contributed by atoms with Crippen LogP contribution in [0.4, 0.5) is 4.79 Å². The first-order valence-electron chi connectivity index (χ1n) is 3.80. The fourth-order valence-electron chi connectivity index (χ4n) is 0.794. The van der Waals surface area contributed by atoms with Gasteiger partial charge in [-0.05, 0) is 12.1 Å². The summed E-state index contributed by atoms with van der Waals surface area (Å²) < 4.78 is 8.66. The molecule has 0 bridgehead atoms. The van der Waals surface area contributed by atoms with E-state index in [4.69, 9.17) is 5.73 Å². The number of nitrogens with one attached hydrogen (secondary N) is 1. The van der Waals surface area contributed by atoms with Gasteiger partial charge in [0.15, 0.2) is 0 Å². The van der Waals surface area contributed by atoms with E-state index in [2.05, 4.69) is 9.47 Å². The number of hydrogen-bond donors (Lipinski definition) is 0. The summed E-state index contributed by atoms with van der Waals surface area (Å²) in [5, 5.41) is 0. The molecule has 14 heavy (non-hydrogen) atoms. The first kappa shape index (κ1) is 10.0. The lowest BCUT2D eigenvalue weighted by molar-refractivity contribution is -0.000407. The van der Waals surface area contributed by atoms with Gasteiger partial charge in [-0.1, -0.05) is 18.2 Å². The average Bonchev–Trinajstić information content (AvgIpc) is 2.18. The van der Waals surface area contributed by atoms with Crippen LogP contribution in [0.1, 0.15) is 10.4 Å². The Bertz CT molecular complexity index is 323. The van der Waals surface area contributed by atoms with E-state index in [-0.39, 0.29) is 0 Å². The molecule has 1 amide bonds. The van der Waals surface area contributed by atoms with Gasteiger partial charge in [0.2, 0.25) is 6.79 Å². The molecule has 5 heteroatoms. The van der Waals surface area contributed by atoms with Gasteiger partial charge in [-0.2, -0.15) is 0 Å². The first-order chi connectivity index (χ1) is 6.70. The molecule has 1 rings (SSSR count). The van der Waals surface area contributed by atoms with Gasteiger partial charge in [0.25, 0.3) is 0 Å². The van der Waals surface area contributed by atoms with Crippen LogP contribution >= 0.6 is 0 Å². The second-order valence-electron chi connectivity index (χ2n) is 2.35. The monoisotopic (exact) mass is 194 g/mol. The number of esters is 1. The van der Waals surface area contributed by atoms with E-state index in [9.17, 15) is 9.59 Å². The minimum atomic E-state index is -1.23. The molecule has 0 aliphatic rings. The van der Waals surface area contributed by atoms with E-state index >= 15 is 0 Å². The zero-order valence-corrected chi connectivity index (χ0v) is 7.23. The lowest BCUT2D eigenvalue weighted by Gasteiger charge is -2.03. The molecule has 0 aliphatic heterocycles. The average molecular weight is 194 g/mol. The van der Waals surface area contributed by atoms with Crippen molar-refractivity contribution in [3.8, 4) is 0 Å². The molecule has 0 aliphatic carbocycles. The Morgan fingerprint density at radius 2 is 1.79 bits per heavy atom. The van der Waals surface area contributed by atoms with Gasteiger partial charge < -0.3 is 9.47 Å². The summed E-state index contributed by atoms with van der Waals surface area (Å²) >= 11 is 0. The van der Waals surface area contributed by atoms with Crippen molar-refractivity contribution in [2.45, 2.75) is 0 Å². The van der Waals surface area contributed by atoms with Crippen molar-refractivity contribution in [3.63, 3.8) is 0 Å². The van der Waals surface area contributed by atoms with Crippen LogP contribution in [0, 0.1) is 0 Å². The fraction of sp³-hybridized carbons (Fsp3) is 0.111. The molecular formula is C9H8NO4. The Morgan fingerprint density at radius 3 is 2.36 bits per heavy atom. The van der Waals surface area contributed by atoms with Crippen LogP contribution in [0.3, 0.4) is 0 Å². The number of amides is 1. The molecule has 1 radical (unpaired) electrons. The largest absolute Gasteiger partial charge is 0.429 e. The summed E-state index contributed by atoms with van der Waals surface area (Å²) in [6.45, 7) is -0.532. The van der Waals surface area contributed by atoms with Crippen LogP contribution < -0.4 is 5.73 Å². The topological polar surface area (TPSA) is 76.4 Å². The van der Waals surface area contributed by atoms with Crippen molar-refractivity contribution < 1.29 is 19.1 Å². The Hall–Kier alpha value is -2.04. The van der Waals surface area contributed by atoms with E-state index in [1.807, 2.05) is 0 Å². The molecule has 1 N–H and O–H groups in total. The van der Waals surface area contributed by atoms with E-state index in [1.165, 1.54) is 0 Å². The van der Waals surface area contributed by atoms with Crippen molar-refractivity contribution in [3.05, 3.63) is 35.9 Å². The Kier molecular flexibility index (Phi) is 3.49. The third-order valence-corrected chi connectivity index (χ3v) is 1.39.